The number of nitrogens with zero attached hydrogens (tertiary/aromatic N) is 2. The predicted molar refractivity (Wildman–Crippen MR) is 184 cm³/mol. The van der Waals surface area contributed by atoms with Gasteiger partial charge in [-0.05, 0) is 93.5 Å². The van der Waals surface area contributed by atoms with Gasteiger partial charge in [-0.25, -0.2) is 0 Å². The zero-order valence-electron chi connectivity index (χ0n) is 28.3. The first-order valence-electron chi connectivity index (χ1n) is 16.4. The van der Waals surface area contributed by atoms with E-state index in [4.69, 9.17) is 10.5 Å². The van der Waals surface area contributed by atoms with Crippen LogP contribution in [0.5, 0.6) is 0 Å². The lowest BCUT2D eigenvalue weighted by molar-refractivity contribution is -0.155. The summed E-state index contributed by atoms with van der Waals surface area (Å²) < 4.78 is 5.43. The number of rotatable bonds is 10. The monoisotopic (exact) mass is 615 g/mol. The molecule has 0 bridgehead atoms. The molecule has 0 radical (unpaired) electrons. The molecule has 2 aromatic rings. The molecule has 2 amide bonds. The quantitative estimate of drug-likeness (QED) is 0.229. The number of anilines is 2. The van der Waals surface area contributed by atoms with Crippen molar-refractivity contribution in [3.63, 3.8) is 0 Å². The second kappa shape index (κ2) is 16.6. The second-order valence-electron chi connectivity index (χ2n) is 13.9. The van der Waals surface area contributed by atoms with Gasteiger partial charge >= 0.3 is 5.97 Å². The number of hydrogen-bond donors (Lipinski definition) is 1. The first kappa shape index (κ1) is 35.8. The summed E-state index contributed by atoms with van der Waals surface area (Å²) in [4.78, 5) is 40.6. The fraction of sp³-hybridized carbons (Fsp3) is 0.500. The average Bonchev–Trinajstić information content (AvgIpc) is 3.58. The van der Waals surface area contributed by atoms with Gasteiger partial charge in [0.25, 0.3) is 11.8 Å². The van der Waals surface area contributed by atoms with E-state index in [-0.39, 0.29) is 29.7 Å². The molecule has 2 aromatic carbocycles. The van der Waals surface area contributed by atoms with Gasteiger partial charge in [0.1, 0.15) is 5.60 Å². The third-order valence-corrected chi connectivity index (χ3v) is 7.67. The molecule has 0 aromatic heterocycles. The third kappa shape index (κ3) is 11.6. The van der Waals surface area contributed by atoms with Crippen LogP contribution in [0.25, 0.3) is 0 Å². The highest BCUT2D eigenvalue weighted by molar-refractivity contribution is 6.03. The van der Waals surface area contributed by atoms with Gasteiger partial charge in [0, 0.05) is 36.6 Å². The number of allylic oxidation sites excluding steroid dienone is 1. The molecule has 2 N–H and O–H groups in total. The Morgan fingerprint density at radius 3 is 1.71 bits per heavy atom. The van der Waals surface area contributed by atoms with Crippen molar-refractivity contribution in [2.24, 2.45) is 23.5 Å². The number of para-hydroxylation sites is 2. The minimum absolute atomic E-state index is 0.00615. The van der Waals surface area contributed by atoms with Crippen LogP contribution in [0.15, 0.2) is 72.8 Å². The lowest BCUT2D eigenvalue weighted by Gasteiger charge is -2.22. The number of fused-ring (bicyclic) bond motifs is 2. The Kier molecular flexibility index (Phi) is 13.2. The van der Waals surface area contributed by atoms with Gasteiger partial charge in [0.15, 0.2) is 0 Å². The van der Waals surface area contributed by atoms with E-state index in [0.717, 1.165) is 43.6 Å². The lowest BCUT2D eigenvalue weighted by Crippen LogP contribution is -2.28. The Balaban J connectivity index is 0.000000257. The van der Waals surface area contributed by atoms with E-state index in [0.29, 0.717) is 24.8 Å². The molecule has 7 heteroatoms. The van der Waals surface area contributed by atoms with Crippen molar-refractivity contribution >= 4 is 29.2 Å². The highest BCUT2D eigenvalue weighted by Crippen LogP contribution is 2.29. The number of benzene rings is 2. The second-order valence-corrected chi connectivity index (χ2v) is 13.9. The summed E-state index contributed by atoms with van der Waals surface area (Å²) in [6.45, 7) is 15.6. The molecule has 2 aliphatic heterocycles. The van der Waals surface area contributed by atoms with Crippen molar-refractivity contribution in [3.8, 4) is 0 Å². The predicted octanol–water partition coefficient (Wildman–Crippen LogP) is 7.03. The van der Waals surface area contributed by atoms with Crippen molar-refractivity contribution in [1.29, 1.82) is 0 Å². The Bertz CT molecular complexity index is 1350. The molecule has 2 heterocycles. The minimum atomic E-state index is -0.488. The Labute approximate surface area is 270 Å². The van der Waals surface area contributed by atoms with E-state index in [1.54, 1.807) is 12.2 Å². The maximum absolute atomic E-state index is 12.6. The molecule has 0 spiro atoms. The van der Waals surface area contributed by atoms with E-state index in [1.807, 2.05) is 79.1 Å². The van der Waals surface area contributed by atoms with Crippen LogP contribution in [0.4, 0.5) is 11.4 Å². The van der Waals surface area contributed by atoms with E-state index >= 15 is 0 Å². The summed E-state index contributed by atoms with van der Waals surface area (Å²) in [6, 6.07) is 16.0. The SMILES string of the molecule is CC(C)C[C@@H](/C=C/C(=O)N1CCc2ccccc21)CC(=O)OC(C)(C)C.CC(C)C[C@H](N)/C=C/C(=O)N1CCc2ccccc21. The number of ether oxygens (including phenoxy) is 1. The van der Waals surface area contributed by atoms with E-state index in [2.05, 4.69) is 39.8 Å². The van der Waals surface area contributed by atoms with E-state index in [1.165, 1.54) is 11.1 Å². The zero-order valence-corrected chi connectivity index (χ0v) is 28.3. The molecule has 2 aliphatic rings. The largest absolute Gasteiger partial charge is 0.460 e. The van der Waals surface area contributed by atoms with Crippen LogP contribution < -0.4 is 15.5 Å². The molecule has 7 nitrogen and oxygen atoms in total. The number of carbonyl (C=O) groups is 3. The fourth-order valence-electron chi connectivity index (χ4n) is 5.79. The van der Waals surface area contributed by atoms with Gasteiger partial charge < -0.3 is 20.3 Å². The summed E-state index contributed by atoms with van der Waals surface area (Å²) in [5, 5.41) is 0. The number of carbonyl (C=O) groups excluding carboxylic acids is 3. The number of nitrogens with two attached hydrogens (primary N) is 1. The highest BCUT2D eigenvalue weighted by atomic mass is 16.6. The molecule has 244 valence electrons. The van der Waals surface area contributed by atoms with Gasteiger partial charge in [-0.1, -0.05) is 76.2 Å². The maximum atomic E-state index is 12.6. The molecule has 0 aliphatic carbocycles. The van der Waals surface area contributed by atoms with Crippen molar-refractivity contribution in [3.05, 3.63) is 84.0 Å². The average molecular weight is 616 g/mol. The Morgan fingerprint density at radius 2 is 1.24 bits per heavy atom. The summed E-state index contributed by atoms with van der Waals surface area (Å²) in [7, 11) is 0. The maximum Gasteiger partial charge on any atom is 0.306 e. The molecule has 45 heavy (non-hydrogen) atoms. The van der Waals surface area contributed by atoms with Gasteiger partial charge in [0.2, 0.25) is 0 Å². The fourth-order valence-corrected chi connectivity index (χ4v) is 5.79. The lowest BCUT2D eigenvalue weighted by atomic mass is 9.93. The molecule has 0 saturated carbocycles. The summed E-state index contributed by atoms with van der Waals surface area (Å²) in [6.07, 6.45) is 10.8. The van der Waals surface area contributed by atoms with Gasteiger partial charge in [-0.3, -0.25) is 14.4 Å². The van der Waals surface area contributed by atoms with Gasteiger partial charge in [-0.2, -0.15) is 0 Å². The number of amides is 2. The molecule has 0 unspecified atom stereocenters. The zero-order chi connectivity index (χ0) is 33.1. The molecular weight excluding hydrogens is 562 g/mol. The topological polar surface area (TPSA) is 92.9 Å². The number of esters is 1. The van der Waals surface area contributed by atoms with Crippen LogP contribution in [-0.4, -0.2) is 42.5 Å². The van der Waals surface area contributed by atoms with Crippen LogP contribution in [0.2, 0.25) is 0 Å². The normalized spacial score (nSPS) is 15.7. The highest BCUT2D eigenvalue weighted by Gasteiger charge is 2.24. The first-order chi connectivity index (χ1) is 21.2. The van der Waals surface area contributed by atoms with Crippen molar-refractivity contribution < 1.29 is 19.1 Å². The smallest absolute Gasteiger partial charge is 0.306 e. The van der Waals surface area contributed by atoms with Crippen LogP contribution in [0, 0.1) is 17.8 Å². The molecule has 4 rings (SSSR count). The van der Waals surface area contributed by atoms with Crippen molar-refractivity contribution in [2.75, 3.05) is 22.9 Å². The van der Waals surface area contributed by atoms with E-state index < -0.39 is 5.60 Å². The molecule has 0 saturated heterocycles. The Hall–Kier alpha value is -3.71. The standard InChI is InChI=1S/C22H31NO3.C16H22N2O/c1-16(2)14-17(15-21(25)26-22(3,4)5)10-11-20(24)23-13-12-18-8-6-7-9-19(18)23;1-12(2)11-14(17)7-8-16(19)18-10-9-13-5-3-4-6-15(13)18/h6-11,16-17H,12-15H2,1-5H3;3-8,12,14H,9-11,17H2,1-2H3/b11-10+;8-7+/t17-;14-/m11/s1. The van der Waals surface area contributed by atoms with Crippen molar-refractivity contribution in [1.82, 2.24) is 0 Å². The van der Waals surface area contributed by atoms with Crippen LogP contribution in [-0.2, 0) is 32.0 Å². The first-order valence-corrected chi connectivity index (χ1v) is 16.4. The summed E-state index contributed by atoms with van der Waals surface area (Å²) in [5.74, 6) is 0.785. The summed E-state index contributed by atoms with van der Waals surface area (Å²) in [5.41, 5.74) is 9.96. The van der Waals surface area contributed by atoms with Gasteiger partial charge in [-0.15, -0.1) is 0 Å². The Morgan fingerprint density at radius 1 is 0.778 bits per heavy atom. The molecular formula is C38H53N3O4. The molecule has 2 atom stereocenters. The van der Waals surface area contributed by atoms with Crippen LogP contribution in [0.1, 0.15) is 78.9 Å². The van der Waals surface area contributed by atoms with Crippen molar-refractivity contribution in [2.45, 2.75) is 92.2 Å². The number of hydrogen-bond acceptors (Lipinski definition) is 5. The van der Waals surface area contributed by atoms with Gasteiger partial charge in [0.05, 0.1) is 6.42 Å². The summed E-state index contributed by atoms with van der Waals surface area (Å²) >= 11 is 0. The minimum Gasteiger partial charge on any atom is -0.460 e. The van der Waals surface area contributed by atoms with E-state index in [9.17, 15) is 14.4 Å². The third-order valence-electron chi connectivity index (χ3n) is 7.67. The van der Waals surface area contributed by atoms with Crippen LogP contribution >= 0.6 is 0 Å². The molecule has 0 fully saturated rings. The van der Waals surface area contributed by atoms with Crippen LogP contribution in [0.3, 0.4) is 0 Å².